The van der Waals surface area contributed by atoms with E-state index in [1.807, 2.05) is 6.07 Å². The highest BCUT2D eigenvalue weighted by molar-refractivity contribution is 5.99. The van der Waals surface area contributed by atoms with E-state index in [4.69, 9.17) is 9.47 Å². The van der Waals surface area contributed by atoms with Crippen molar-refractivity contribution in [2.24, 2.45) is 0 Å². The number of nitrogens with zero attached hydrogens (tertiary/aromatic N) is 3. The molecule has 13 heteroatoms. The summed E-state index contributed by atoms with van der Waals surface area (Å²) in [5.74, 6) is -5.78. The smallest absolute Gasteiger partial charge is 0.299 e. The minimum atomic E-state index is -3.16. The maximum atomic E-state index is 14.9. The molecule has 2 aliphatic heterocycles. The Hall–Kier alpha value is -4.75. The number of rotatable bonds is 6. The van der Waals surface area contributed by atoms with Crippen LogP contribution in [0, 0.1) is 0 Å². The van der Waals surface area contributed by atoms with Gasteiger partial charge in [-0.25, -0.2) is 9.97 Å². The number of carbonyl (C=O) groups excluding carboxylic acids is 3. The van der Waals surface area contributed by atoms with Gasteiger partial charge in [-0.3, -0.25) is 14.4 Å². The third-order valence-corrected chi connectivity index (χ3v) is 8.11. The van der Waals surface area contributed by atoms with Crippen molar-refractivity contribution >= 4 is 28.8 Å². The van der Waals surface area contributed by atoms with Crippen LogP contribution in [0.1, 0.15) is 33.6 Å². The number of H-pyrrole nitrogens is 1. The number of halogens is 2. The molecule has 0 bridgehead atoms. The minimum Gasteiger partial charge on any atom is -0.349 e. The van der Waals surface area contributed by atoms with E-state index in [-0.39, 0.29) is 41.8 Å². The van der Waals surface area contributed by atoms with Gasteiger partial charge in [0.05, 0.1) is 32.8 Å². The van der Waals surface area contributed by atoms with Gasteiger partial charge in [0.1, 0.15) is 18.0 Å². The van der Waals surface area contributed by atoms with Gasteiger partial charge in [0.2, 0.25) is 11.8 Å². The van der Waals surface area contributed by atoms with Crippen molar-refractivity contribution in [1.29, 1.82) is 0 Å². The molecule has 43 heavy (non-hydrogen) atoms. The van der Waals surface area contributed by atoms with Gasteiger partial charge in [0.15, 0.2) is 5.79 Å². The summed E-state index contributed by atoms with van der Waals surface area (Å²) >= 11 is 0. The van der Waals surface area contributed by atoms with E-state index in [9.17, 15) is 23.2 Å². The predicted molar refractivity (Wildman–Crippen MR) is 148 cm³/mol. The van der Waals surface area contributed by atoms with Gasteiger partial charge in [0, 0.05) is 40.4 Å². The molecule has 220 valence electrons. The largest absolute Gasteiger partial charge is 0.349 e. The van der Waals surface area contributed by atoms with E-state index in [0.29, 0.717) is 30.1 Å². The molecule has 2 saturated heterocycles. The molecule has 4 heterocycles. The van der Waals surface area contributed by atoms with Crippen molar-refractivity contribution in [3.63, 3.8) is 0 Å². The Balaban J connectivity index is 1.04. The van der Waals surface area contributed by atoms with Crippen molar-refractivity contribution in [2.45, 2.75) is 30.7 Å². The lowest BCUT2D eigenvalue weighted by atomic mass is 10.0. The van der Waals surface area contributed by atoms with Crippen LogP contribution in [0.15, 0.2) is 61.1 Å². The molecule has 3 aliphatic rings. The zero-order valence-corrected chi connectivity index (χ0v) is 22.7. The lowest BCUT2D eigenvalue weighted by Gasteiger charge is -2.24. The standard InChI is InChI=1S/C30H26F2N6O5/c31-30(32)22-4-2-1-3-20(22)21-10-17(5-6-23(21)30)27(40)35-14-25(39)38-15-29(42-7-8-43-29)11-24(38)28(41)34-13-19-9-18-12-33-16-36-26(18)37-19/h1-6,9-10,12,16,24H,7-8,11,13-15H2,(H,34,41)(H,35,40)(H,33,36,37)/t24-/m0/s1. The molecular weight excluding hydrogens is 562 g/mol. The zero-order chi connectivity index (χ0) is 29.8. The van der Waals surface area contributed by atoms with Gasteiger partial charge in [-0.15, -0.1) is 0 Å². The third kappa shape index (κ3) is 4.70. The van der Waals surface area contributed by atoms with Crippen molar-refractivity contribution in [3.8, 4) is 11.1 Å². The van der Waals surface area contributed by atoms with Crippen LogP contribution in [0.5, 0.6) is 0 Å². The molecular formula is C30H26F2N6O5. The molecule has 3 amide bonds. The maximum Gasteiger partial charge on any atom is 0.299 e. The fourth-order valence-corrected chi connectivity index (χ4v) is 6.04. The van der Waals surface area contributed by atoms with Gasteiger partial charge in [-0.05, 0) is 29.3 Å². The first kappa shape index (κ1) is 27.1. The number of ether oxygens (including phenoxy) is 2. The van der Waals surface area contributed by atoms with E-state index in [0.717, 1.165) is 5.39 Å². The first-order valence-corrected chi connectivity index (χ1v) is 13.8. The number of alkyl halides is 2. The first-order chi connectivity index (χ1) is 20.7. The Bertz CT molecular complexity index is 1740. The monoisotopic (exact) mass is 588 g/mol. The predicted octanol–water partition coefficient (Wildman–Crippen LogP) is 2.47. The van der Waals surface area contributed by atoms with E-state index in [2.05, 4.69) is 25.6 Å². The van der Waals surface area contributed by atoms with Crippen LogP contribution in [-0.2, 0) is 31.5 Å². The Morgan fingerprint density at radius 2 is 1.81 bits per heavy atom. The number of amides is 3. The summed E-state index contributed by atoms with van der Waals surface area (Å²) in [5, 5.41) is 6.22. The Morgan fingerprint density at radius 3 is 2.63 bits per heavy atom. The SMILES string of the molecule is O=C(NCC(=O)N1CC2(C[C@H]1C(=O)NCc1cc3cncnc3[nH]1)OCCO2)c1ccc2c(c1)-c1ccccc1C2(F)F. The molecule has 2 aromatic heterocycles. The molecule has 2 fully saturated rings. The number of hydrogen-bond donors (Lipinski definition) is 3. The number of aromatic amines is 1. The van der Waals surface area contributed by atoms with Crippen molar-refractivity contribution in [1.82, 2.24) is 30.5 Å². The summed E-state index contributed by atoms with van der Waals surface area (Å²) in [6, 6.07) is 11.1. The fraction of sp³-hybridized carbons (Fsp3) is 0.300. The molecule has 1 atom stereocenters. The summed E-state index contributed by atoms with van der Waals surface area (Å²) in [6.07, 6.45) is 3.21. The van der Waals surface area contributed by atoms with E-state index < -0.39 is 42.0 Å². The van der Waals surface area contributed by atoms with Gasteiger partial charge < -0.3 is 30.0 Å². The highest BCUT2D eigenvalue weighted by atomic mass is 19.3. The molecule has 3 N–H and O–H groups in total. The molecule has 2 aromatic carbocycles. The summed E-state index contributed by atoms with van der Waals surface area (Å²) < 4.78 is 41.4. The summed E-state index contributed by atoms with van der Waals surface area (Å²) in [4.78, 5) is 52.3. The van der Waals surface area contributed by atoms with Crippen LogP contribution in [0.3, 0.4) is 0 Å². The van der Waals surface area contributed by atoms with Crippen LogP contribution in [0.2, 0.25) is 0 Å². The lowest BCUT2D eigenvalue weighted by Crippen LogP contribution is -2.49. The topological polar surface area (TPSA) is 139 Å². The van der Waals surface area contributed by atoms with Crippen LogP contribution in [-0.4, -0.2) is 75.7 Å². The van der Waals surface area contributed by atoms with E-state index in [1.165, 1.54) is 35.5 Å². The van der Waals surface area contributed by atoms with Crippen LogP contribution in [0.25, 0.3) is 22.2 Å². The normalized spacial score (nSPS) is 19.4. The quantitative estimate of drug-likeness (QED) is 0.315. The fourth-order valence-electron chi connectivity index (χ4n) is 6.04. The lowest BCUT2D eigenvalue weighted by molar-refractivity contribution is -0.152. The van der Waals surface area contributed by atoms with Crippen molar-refractivity contribution < 1.29 is 32.6 Å². The second kappa shape index (κ2) is 10.2. The number of likely N-dealkylation sites (tertiary alicyclic amines) is 1. The highest BCUT2D eigenvalue weighted by Gasteiger charge is 2.52. The van der Waals surface area contributed by atoms with Crippen LogP contribution < -0.4 is 10.6 Å². The Labute approximate surface area is 243 Å². The van der Waals surface area contributed by atoms with Gasteiger partial charge in [-0.1, -0.05) is 30.3 Å². The molecule has 0 radical (unpaired) electrons. The number of nitrogens with one attached hydrogen (secondary N) is 3. The second-order valence-electron chi connectivity index (χ2n) is 10.8. The van der Waals surface area contributed by atoms with E-state index >= 15 is 0 Å². The van der Waals surface area contributed by atoms with Crippen molar-refractivity contribution in [3.05, 3.63) is 83.4 Å². The molecule has 0 saturated carbocycles. The van der Waals surface area contributed by atoms with Gasteiger partial charge >= 0.3 is 0 Å². The maximum absolute atomic E-state index is 14.9. The van der Waals surface area contributed by atoms with Crippen LogP contribution >= 0.6 is 0 Å². The van der Waals surface area contributed by atoms with Gasteiger partial charge in [0.25, 0.3) is 11.8 Å². The number of aromatic nitrogens is 3. The number of carbonyl (C=O) groups is 3. The number of hydrogen-bond acceptors (Lipinski definition) is 7. The minimum absolute atomic E-state index is 0.0203. The summed E-state index contributed by atoms with van der Waals surface area (Å²) in [6.45, 7) is 0.447. The highest BCUT2D eigenvalue weighted by Crippen LogP contribution is 2.50. The average molecular weight is 589 g/mol. The Kier molecular flexibility index (Phi) is 6.43. The van der Waals surface area contributed by atoms with Gasteiger partial charge in [-0.2, -0.15) is 8.78 Å². The summed E-state index contributed by atoms with van der Waals surface area (Å²) in [7, 11) is 0. The molecule has 0 unspecified atom stereocenters. The number of fused-ring (bicyclic) bond motifs is 4. The third-order valence-electron chi connectivity index (χ3n) is 8.11. The summed E-state index contributed by atoms with van der Waals surface area (Å²) in [5.41, 5.74) is 1.84. The molecule has 11 nitrogen and oxygen atoms in total. The molecule has 4 aromatic rings. The Morgan fingerprint density at radius 1 is 1.02 bits per heavy atom. The van der Waals surface area contributed by atoms with Crippen molar-refractivity contribution in [2.75, 3.05) is 26.3 Å². The number of benzene rings is 2. The second-order valence-corrected chi connectivity index (χ2v) is 10.8. The molecule has 1 aliphatic carbocycles. The average Bonchev–Trinajstić information content (AvgIpc) is 3.79. The zero-order valence-electron chi connectivity index (χ0n) is 22.7. The van der Waals surface area contributed by atoms with Crippen LogP contribution in [0.4, 0.5) is 8.78 Å². The molecule has 7 rings (SSSR count). The molecule has 1 spiro atoms. The first-order valence-electron chi connectivity index (χ1n) is 13.8. The van der Waals surface area contributed by atoms with E-state index in [1.54, 1.807) is 24.4 Å².